The molecule has 3 heterocycles. The number of aliphatic carboxylic acids is 2. The summed E-state index contributed by atoms with van der Waals surface area (Å²) in [5.74, 6) is -5.11. The van der Waals surface area contributed by atoms with Gasteiger partial charge in [0.2, 0.25) is 5.91 Å². The van der Waals surface area contributed by atoms with Crippen LogP contribution in [-0.4, -0.2) is 90.5 Å². The van der Waals surface area contributed by atoms with E-state index in [1.54, 1.807) is 12.1 Å². The molecular formula is C22H21N3O9S. The molecule has 0 radical (unpaired) electrons. The normalized spacial score (nSPS) is 21.9. The number of nitrogens with zero attached hydrogens (tertiary/aromatic N) is 2. The summed E-state index contributed by atoms with van der Waals surface area (Å²) in [6.45, 7) is -0.500. The molecule has 1 saturated heterocycles. The van der Waals surface area contributed by atoms with E-state index in [4.69, 9.17) is 0 Å². The van der Waals surface area contributed by atoms with Gasteiger partial charge in [-0.15, -0.1) is 11.8 Å². The average molecular weight is 503 g/mol. The zero-order valence-corrected chi connectivity index (χ0v) is 19.0. The first-order chi connectivity index (χ1) is 16.7. The number of nitrogens with one attached hydrogen (secondary N) is 1. The molecule has 13 heteroatoms. The molecule has 3 aliphatic rings. The largest absolute Gasteiger partial charge is 0.480 e. The second-order valence-electron chi connectivity index (χ2n) is 8.14. The molecule has 1 fully saturated rings. The fourth-order valence-electron chi connectivity index (χ4n) is 4.36. The second-order valence-corrected chi connectivity index (χ2v) is 9.25. The molecule has 4 amide bonds. The van der Waals surface area contributed by atoms with Gasteiger partial charge in [-0.05, 0) is 30.5 Å². The third-order valence-corrected chi connectivity index (χ3v) is 7.40. The van der Waals surface area contributed by atoms with Gasteiger partial charge in [0, 0.05) is 12.2 Å². The molecule has 0 saturated carbocycles. The van der Waals surface area contributed by atoms with E-state index in [1.807, 2.05) is 0 Å². The highest BCUT2D eigenvalue weighted by Crippen LogP contribution is 2.40. The van der Waals surface area contributed by atoms with Crippen molar-refractivity contribution in [1.29, 1.82) is 0 Å². The number of thioether (sulfide) groups is 1. The summed E-state index contributed by atoms with van der Waals surface area (Å²) in [6, 6.07) is 3.62. The van der Waals surface area contributed by atoms with E-state index < -0.39 is 59.6 Å². The van der Waals surface area contributed by atoms with Gasteiger partial charge in [0.15, 0.2) is 0 Å². The molecule has 184 valence electrons. The minimum Gasteiger partial charge on any atom is -0.480 e. The van der Waals surface area contributed by atoms with Crippen LogP contribution in [0.2, 0.25) is 0 Å². The number of β-lactam (4-membered cyclic amide) rings is 1. The summed E-state index contributed by atoms with van der Waals surface area (Å²) in [7, 11) is 0. The fourth-order valence-corrected chi connectivity index (χ4v) is 5.70. The summed E-state index contributed by atoms with van der Waals surface area (Å²) in [6.07, 6.45) is -0.311. The molecule has 0 bridgehead atoms. The number of aliphatic hydroxyl groups excluding tert-OH is 1. The predicted molar refractivity (Wildman–Crippen MR) is 119 cm³/mol. The van der Waals surface area contributed by atoms with E-state index in [1.165, 1.54) is 23.9 Å². The second kappa shape index (κ2) is 9.50. The lowest BCUT2D eigenvalue weighted by Gasteiger charge is -2.49. The molecule has 1 aromatic carbocycles. The van der Waals surface area contributed by atoms with Crippen molar-refractivity contribution in [2.75, 3.05) is 12.4 Å². The third-order valence-electron chi connectivity index (χ3n) is 6.06. The van der Waals surface area contributed by atoms with Crippen molar-refractivity contribution in [3.8, 4) is 0 Å². The van der Waals surface area contributed by atoms with Crippen molar-refractivity contribution in [1.82, 2.24) is 15.1 Å². The molecule has 0 aliphatic carbocycles. The van der Waals surface area contributed by atoms with Crippen LogP contribution in [0.15, 0.2) is 35.5 Å². The summed E-state index contributed by atoms with van der Waals surface area (Å²) in [5.41, 5.74) is 0.180. The molecule has 4 N–H and O–H groups in total. The minimum absolute atomic E-state index is 0.0214. The van der Waals surface area contributed by atoms with Crippen molar-refractivity contribution in [2.24, 2.45) is 0 Å². The zero-order valence-electron chi connectivity index (χ0n) is 18.2. The molecule has 12 nitrogen and oxygen atoms in total. The number of benzene rings is 1. The molecule has 0 spiro atoms. The smallest absolute Gasteiger partial charge is 0.352 e. The SMILES string of the molecule is O=C(CCC[C@H](C(=O)O)N1C(=O)c2ccccc2C1=O)NC1C(=O)N2C(C(=O)O)=C(CO)CS[C@H]12. The Bertz CT molecular complexity index is 1150. The van der Waals surface area contributed by atoms with Crippen LogP contribution in [0.5, 0.6) is 0 Å². The standard InChI is InChI=1S/C22H21N3O9S/c26-8-10-9-35-20-15(19(30)25(20)16(10)22(33)34)23-14(27)7-3-6-13(21(31)32)24-17(28)11-4-1-2-5-12(11)18(24)29/h1-2,4-5,13,15,20,26H,3,6-9H2,(H,23,27)(H,31,32)(H,33,34)/t13-,15?,20-/m1/s1. The summed E-state index contributed by atoms with van der Waals surface area (Å²) in [4.78, 5) is 75.1. The van der Waals surface area contributed by atoms with Crippen molar-refractivity contribution >= 4 is 47.3 Å². The van der Waals surface area contributed by atoms with Crippen molar-refractivity contribution in [3.05, 3.63) is 46.7 Å². The first-order valence-corrected chi connectivity index (χ1v) is 11.7. The Morgan fingerprint density at radius 1 is 1.09 bits per heavy atom. The van der Waals surface area contributed by atoms with Gasteiger partial charge >= 0.3 is 11.9 Å². The highest BCUT2D eigenvalue weighted by molar-refractivity contribution is 8.00. The van der Waals surface area contributed by atoms with Crippen molar-refractivity contribution in [2.45, 2.75) is 36.7 Å². The van der Waals surface area contributed by atoms with E-state index in [-0.39, 0.29) is 47.4 Å². The number of imide groups is 1. The molecule has 3 atom stereocenters. The van der Waals surface area contributed by atoms with Crippen LogP contribution in [0, 0.1) is 0 Å². The topological polar surface area (TPSA) is 182 Å². The van der Waals surface area contributed by atoms with Gasteiger partial charge in [0.25, 0.3) is 17.7 Å². The number of rotatable bonds is 9. The molecule has 35 heavy (non-hydrogen) atoms. The minimum atomic E-state index is -1.45. The number of carbonyl (C=O) groups excluding carboxylic acids is 4. The van der Waals surface area contributed by atoms with Gasteiger partial charge < -0.3 is 20.6 Å². The molecule has 1 unspecified atom stereocenters. The van der Waals surface area contributed by atoms with E-state index in [0.29, 0.717) is 4.90 Å². The Hall–Kier alpha value is -3.71. The van der Waals surface area contributed by atoms with Crippen LogP contribution in [0.3, 0.4) is 0 Å². The lowest BCUT2D eigenvalue weighted by Crippen LogP contribution is -2.70. The van der Waals surface area contributed by atoms with Crippen LogP contribution in [0.25, 0.3) is 0 Å². The number of fused-ring (bicyclic) bond motifs is 2. The Morgan fingerprint density at radius 2 is 1.71 bits per heavy atom. The van der Waals surface area contributed by atoms with Gasteiger partial charge in [0.05, 0.1) is 17.7 Å². The van der Waals surface area contributed by atoms with E-state index >= 15 is 0 Å². The van der Waals surface area contributed by atoms with Gasteiger partial charge in [-0.3, -0.25) is 29.0 Å². The van der Waals surface area contributed by atoms with Crippen LogP contribution < -0.4 is 5.32 Å². The number of amides is 4. The lowest BCUT2D eigenvalue weighted by molar-refractivity contribution is -0.150. The highest BCUT2D eigenvalue weighted by Gasteiger charge is 2.54. The summed E-state index contributed by atoms with van der Waals surface area (Å²) >= 11 is 1.21. The summed E-state index contributed by atoms with van der Waals surface area (Å²) < 4.78 is 0. The van der Waals surface area contributed by atoms with Crippen LogP contribution in [0.1, 0.15) is 40.0 Å². The van der Waals surface area contributed by atoms with Crippen LogP contribution >= 0.6 is 11.8 Å². The Balaban J connectivity index is 1.34. The van der Waals surface area contributed by atoms with E-state index in [9.17, 15) is 44.1 Å². The number of aliphatic hydroxyl groups is 1. The Kier molecular flexibility index (Phi) is 6.63. The third kappa shape index (κ3) is 4.17. The van der Waals surface area contributed by atoms with Gasteiger partial charge in [0.1, 0.15) is 23.2 Å². The van der Waals surface area contributed by atoms with Gasteiger partial charge in [-0.2, -0.15) is 0 Å². The Labute approximate surface area is 202 Å². The van der Waals surface area contributed by atoms with E-state index in [0.717, 1.165) is 4.90 Å². The van der Waals surface area contributed by atoms with Gasteiger partial charge in [-0.25, -0.2) is 9.59 Å². The first-order valence-electron chi connectivity index (χ1n) is 10.7. The zero-order chi connectivity index (χ0) is 25.4. The lowest BCUT2D eigenvalue weighted by atomic mass is 10.0. The molecule has 3 aliphatic heterocycles. The first kappa shape index (κ1) is 24.4. The quantitative estimate of drug-likeness (QED) is 0.256. The average Bonchev–Trinajstić information content (AvgIpc) is 3.08. The number of hydrogen-bond acceptors (Lipinski definition) is 8. The summed E-state index contributed by atoms with van der Waals surface area (Å²) in [5, 5.41) is 30.3. The molecule has 1 aromatic rings. The number of hydrogen-bond donors (Lipinski definition) is 4. The predicted octanol–water partition coefficient (Wildman–Crippen LogP) is -0.363. The molecular weight excluding hydrogens is 482 g/mol. The monoisotopic (exact) mass is 503 g/mol. The van der Waals surface area contributed by atoms with Crippen molar-refractivity contribution < 1.29 is 44.1 Å². The van der Waals surface area contributed by atoms with Gasteiger partial charge in [-0.1, -0.05) is 12.1 Å². The van der Waals surface area contributed by atoms with Crippen molar-refractivity contribution in [3.63, 3.8) is 0 Å². The maximum absolute atomic E-state index is 12.6. The molecule has 0 aromatic heterocycles. The van der Waals surface area contributed by atoms with Crippen LogP contribution in [-0.2, 0) is 19.2 Å². The van der Waals surface area contributed by atoms with Crippen LogP contribution in [0.4, 0.5) is 0 Å². The Morgan fingerprint density at radius 3 is 2.26 bits per heavy atom. The molecule has 4 rings (SSSR count). The van der Waals surface area contributed by atoms with E-state index in [2.05, 4.69) is 5.32 Å². The maximum atomic E-state index is 12.6. The highest BCUT2D eigenvalue weighted by atomic mass is 32.2. The fraction of sp³-hybridized carbons (Fsp3) is 0.364. The maximum Gasteiger partial charge on any atom is 0.352 e. The number of carboxylic acids is 2. The number of carbonyl (C=O) groups is 6. The number of carboxylic acid groups (broad SMARTS) is 2.